The molecule has 11 heteroatoms. The van der Waals surface area contributed by atoms with Gasteiger partial charge in [-0.15, -0.1) is 0 Å². The molecule has 4 aromatic rings. The molecule has 2 heterocycles. The summed E-state index contributed by atoms with van der Waals surface area (Å²) in [5.74, 6) is -0.830. The topological polar surface area (TPSA) is 128 Å². The van der Waals surface area contributed by atoms with Crippen molar-refractivity contribution in [2.75, 3.05) is 10.6 Å². The zero-order valence-electron chi connectivity index (χ0n) is 18.3. The van der Waals surface area contributed by atoms with Crippen LogP contribution in [0.25, 0.3) is 22.0 Å². The van der Waals surface area contributed by atoms with E-state index < -0.39 is 23.5 Å². The summed E-state index contributed by atoms with van der Waals surface area (Å²) in [4.78, 5) is 40.8. The third-order valence-corrected chi connectivity index (χ3v) is 5.41. The molecular weight excluding hydrogens is 477 g/mol. The molecule has 0 saturated carbocycles. The second-order valence-corrected chi connectivity index (χ2v) is 7.77. The number of hydrogen-bond acceptors (Lipinski definition) is 5. The molecule has 0 aliphatic carbocycles. The van der Waals surface area contributed by atoms with E-state index in [-0.39, 0.29) is 34.3 Å². The van der Waals surface area contributed by atoms with Gasteiger partial charge in [0.15, 0.2) is 0 Å². The zero-order chi connectivity index (χ0) is 25.1. The summed E-state index contributed by atoms with van der Waals surface area (Å²) in [5, 5.41) is 5.56. The average molecular weight is 496 g/mol. The van der Waals surface area contributed by atoms with Crippen molar-refractivity contribution in [1.29, 1.82) is 0 Å². The minimum Gasteiger partial charge on any atom is -0.391 e. The van der Waals surface area contributed by atoms with Crippen LogP contribution in [0.4, 0.5) is 25.4 Å². The Morgan fingerprint density at radius 3 is 2.54 bits per heavy atom. The fourth-order valence-electron chi connectivity index (χ4n) is 3.58. The van der Waals surface area contributed by atoms with E-state index in [1.807, 2.05) is 0 Å². The first kappa shape index (κ1) is 23.7. The molecule has 9 nitrogen and oxygen atoms in total. The highest BCUT2D eigenvalue weighted by atomic mass is 35.5. The van der Waals surface area contributed by atoms with Crippen LogP contribution in [0.3, 0.4) is 0 Å². The van der Waals surface area contributed by atoms with Gasteiger partial charge in [0, 0.05) is 41.0 Å². The predicted octanol–water partition coefficient (Wildman–Crippen LogP) is 4.98. The lowest BCUT2D eigenvalue weighted by Crippen LogP contribution is -2.22. The van der Waals surface area contributed by atoms with E-state index in [9.17, 15) is 18.8 Å². The molecule has 2 aromatic carbocycles. The minimum atomic E-state index is -1.03. The van der Waals surface area contributed by atoms with Crippen molar-refractivity contribution >= 4 is 46.0 Å². The van der Waals surface area contributed by atoms with Crippen molar-refractivity contribution < 1.29 is 18.7 Å². The fraction of sp³-hybridized carbons (Fsp3) is 0.0833. The Morgan fingerprint density at radius 2 is 1.86 bits per heavy atom. The number of halogens is 2. The number of anilines is 2. The van der Waals surface area contributed by atoms with Gasteiger partial charge in [-0.1, -0.05) is 29.8 Å². The lowest BCUT2D eigenvalue weighted by atomic mass is 10.0. The van der Waals surface area contributed by atoms with Crippen LogP contribution in [0.15, 0.2) is 65.6 Å². The quantitative estimate of drug-likeness (QED) is 0.360. The zero-order valence-corrected chi connectivity index (χ0v) is 19.1. The normalized spacial score (nSPS) is 10.7. The first-order chi connectivity index (χ1) is 16.8. The molecule has 178 valence electrons. The van der Waals surface area contributed by atoms with Crippen LogP contribution in [-0.4, -0.2) is 21.7 Å². The molecule has 0 unspecified atom stereocenters. The Kier molecular flexibility index (Phi) is 6.65. The van der Waals surface area contributed by atoms with Gasteiger partial charge in [-0.25, -0.2) is 19.0 Å². The van der Waals surface area contributed by atoms with E-state index in [1.165, 1.54) is 29.0 Å². The van der Waals surface area contributed by atoms with E-state index >= 15 is 0 Å². The number of aryl methyl sites for hydroxylation is 1. The molecule has 4 rings (SSSR count). The van der Waals surface area contributed by atoms with E-state index in [0.29, 0.717) is 16.6 Å². The number of amides is 3. The Bertz CT molecular complexity index is 1510. The monoisotopic (exact) mass is 495 g/mol. The summed E-state index contributed by atoms with van der Waals surface area (Å²) >= 11 is 6.30. The molecular formula is C24H19ClFN5O4. The number of rotatable bonds is 5. The van der Waals surface area contributed by atoms with Gasteiger partial charge in [0.2, 0.25) is 5.88 Å². The summed E-state index contributed by atoms with van der Waals surface area (Å²) in [5.41, 5.74) is 5.81. The molecule has 0 saturated heterocycles. The summed E-state index contributed by atoms with van der Waals surface area (Å²) in [6, 6.07) is 13.2. The molecule has 35 heavy (non-hydrogen) atoms. The van der Waals surface area contributed by atoms with Gasteiger partial charge in [0.25, 0.3) is 5.56 Å². The molecule has 0 aliphatic rings. The van der Waals surface area contributed by atoms with E-state index in [1.54, 1.807) is 37.3 Å². The van der Waals surface area contributed by atoms with Crippen LogP contribution >= 0.6 is 11.6 Å². The number of hydrogen-bond donors (Lipinski definition) is 3. The van der Waals surface area contributed by atoms with Crippen molar-refractivity contribution in [3.63, 3.8) is 0 Å². The second-order valence-electron chi connectivity index (χ2n) is 7.37. The minimum absolute atomic E-state index is 0.0164. The Morgan fingerprint density at radius 1 is 1.11 bits per heavy atom. The summed E-state index contributed by atoms with van der Waals surface area (Å²) in [6.07, 6.45) is 0.375. The van der Waals surface area contributed by atoms with E-state index in [0.717, 1.165) is 6.07 Å². The maximum absolute atomic E-state index is 14.6. The number of benzene rings is 2. The van der Waals surface area contributed by atoms with Gasteiger partial charge in [-0.3, -0.25) is 4.79 Å². The van der Waals surface area contributed by atoms with Crippen molar-refractivity contribution in [2.45, 2.75) is 13.5 Å². The smallest absolute Gasteiger partial charge is 0.391 e. The molecule has 0 atom stereocenters. The molecule has 2 aromatic heterocycles. The summed E-state index contributed by atoms with van der Waals surface area (Å²) in [6.45, 7) is 2.03. The molecule has 0 spiro atoms. The predicted molar refractivity (Wildman–Crippen MR) is 131 cm³/mol. The highest BCUT2D eigenvalue weighted by molar-refractivity contribution is 6.33. The van der Waals surface area contributed by atoms with Crippen LogP contribution < -0.4 is 26.7 Å². The van der Waals surface area contributed by atoms with Gasteiger partial charge in [-0.2, -0.15) is 0 Å². The van der Waals surface area contributed by atoms with Gasteiger partial charge in [-0.05, 0) is 37.3 Å². The number of aromatic nitrogens is 2. The lowest BCUT2D eigenvalue weighted by Gasteiger charge is -2.15. The molecule has 4 N–H and O–H groups in total. The SMILES string of the molecule is CCn1c(=O)c(-c2cc(NC(=O)Nc3ccccc3)c(F)cc2Cl)cc2cnc(OC(N)=O)cc21. The Balaban J connectivity index is 1.76. The van der Waals surface area contributed by atoms with E-state index in [2.05, 4.69) is 15.6 Å². The highest BCUT2D eigenvalue weighted by Crippen LogP contribution is 2.33. The summed E-state index contributed by atoms with van der Waals surface area (Å²) < 4.78 is 20.9. The molecule has 0 bridgehead atoms. The van der Waals surface area contributed by atoms with Crippen molar-refractivity contribution in [3.05, 3.63) is 82.0 Å². The number of urea groups is 1. The van der Waals surface area contributed by atoms with Gasteiger partial charge >= 0.3 is 12.1 Å². The first-order valence-electron chi connectivity index (χ1n) is 10.4. The number of fused-ring (bicyclic) bond motifs is 1. The van der Waals surface area contributed by atoms with Gasteiger partial charge in [0.1, 0.15) is 5.82 Å². The van der Waals surface area contributed by atoms with Crippen molar-refractivity contribution in [2.24, 2.45) is 5.73 Å². The largest absolute Gasteiger partial charge is 0.411 e. The van der Waals surface area contributed by atoms with Crippen LogP contribution in [0, 0.1) is 5.82 Å². The van der Waals surface area contributed by atoms with Crippen molar-refractivity contribution in [1.82, 2.24) is 9.55 Å². The number of carbonyl (C=O) groups is 2. The van der Waals surface area contributed by atoms with E-state index in [4.69, 9.17) is 22.1 Å². The lowest BCUT2D eigenvalue weighted by molar-refractivity contribution is 0.209. The van der Waals surface area contributed by atoms with Crippen LogP contribution in [0.2, 0.25) is 5.02 Å². The third-order valence-electron chi connectivity index (χ3n) is 5.10. The Labute approximate surface area is 203 Å². The molecule has 0 fully saturated rings. The molecule has 3 amide bonds. The van der Waals surface area contributed by atoms with Gasteiger partial charge in [0.05, 0.1) is 16.2 Å². The number of primary amides is 1. The number of carbonyl (C=O) groups excluding carboxylic acids is 2. The van der Waals surface area contributed by atoms with Crippen LogP contribution in [0.5, 0.6) is 5.88 Å². The maximum Gasteiger partial charge on any atom is 0.411 e. The number of ether oxygens (including phenoxy) is 1. The third kappa shape index (κ3) is 5.07. The molecule has 0 radical (unpaired) electrons. The van der Waals surface area contributed by atoms with Crippen LogP contribution in [0.1, 0.15) is 6.92 Å². The summed E-state index contributed by atoms with van der Waals surface area (Å²) in [7, 11) is 0. The maximum atomic E-state index is 14.6. The average Bonchev–Trinajstić information content (AvgIpc) is 2.81. The molecule has 0 aliphatic heterocycles. The Hall–Kier alpha value is -4.44. The van der Waals surface area contributed by atoms with Crippen LogP contribution in [-0.2, 0) is 6.54 Å². The van der Waals surface area contributed by atoms with Crippen molar-refractivity contribution in [3.8, 4) is 17.0 Å². The number of nitrogens with zero attached hydrogens (tertiary/aromatic N) is 2. The van der Waals surface area contributed by atoms with Gasteiger partial charge < -0.3 is 25.7 Å². The standard InChI is InChI=1S/C24H19ClFN5O4/c1-2-31-20-11-21(35-23(27)33)28-12-13(20)8-16(22(31)32)15-9-19(18(26)10-17(15)25)30-24(34)29-14-6-4-3-5-7-14/h3-12H,2H2,1H3,(H2,27,33)(H2,29,30,34). The fourth-order valence-corrected chi connectivity index (χ4v) is 3.83. The number of nitrogens with one attached hydrogen (secondary N) is 2. The number of nitrogens with two attached hydrogens (primary N) is 1. The first-order valence-corrected chi connectivity index (χ1v) is 10.8. The number of pyridine rings is 2. The highest BCUT2D eigenvalue weighted by Gasteiger charge is 2.18. The number of para-hydroxylation sites is 1. The second kappa shape index (κ2) is 9.82.